The molecule has 24 heavy (non-hydrogen) atoms. The van der Waals surface area contributed by atoms with Gasteiger partial charge < -0.3 is 20.5 Å². The van der Waals surface area contributed by atoms with Gasteiger partial charge in [0, 0.05) is 13.0 Å². The van der Waals surface area contributed by atoms with Crippen LogP contribution in [0.5, 0.6) is 5.75 Å². The summed E-state index contributed by atoms with van der Waals surface area (Å²) < 4.78 is 5.55. The Bertz CT molecular complexity index is 632. The predicted molar refractivity (Wildman–Crippen MR) is 94.2 cm³/mol. The van der Waals surface area contributed by atoms with Crippen LogP contribution in [0.15, 0.2) is 54.6 Å². The maximum absolute atomic E-state index is 11.7. The summed E-state index contributed by atoms with van der Waals surface area (Å²) >= 11 is 0. The highest BCUT2D eigenvalue weighted by atomic mass is 16.5. The first-order chi connectivity index (χ1) is 11.6. The molecule has 0 saturated carbocycles. The van der Waals surface area contributed by atoms with E-state index in [2.05, 4.69) is 10.6 Å². The summed E-state index contributed by atoms with van der Waals surface area (Å²) in [7, 11) is 0. The van der Waals surface area contributed by atoms with Gasteiger partial charge in [0.2, 0.25) is 0 Å². The van der Waals surface area contributed by atoms with Crippen LogP contribution in [-0.2, 0) is 6.42 Å². The zero-order chi connectivity index (χ0) is 17.2. The van der Waals surface area contributed by atoms with Crippen molar-refractivity contribution in [1.82, 2.24) is 10.6 Å². The molecule has 0 saturated heterocycles. The molecule has 0 heterocycles. The van der Waals surface area contributed by atoms with E-state index < -0.39 is 6.10 Å². The Hall–Kier alpha value is -2.53. The molecule has 5 heteroatoms. The molecule has 2 rings (SSSR count). The van der Waals surface area contributed by atoms with E-state index in [1.807, 2.05) is 61.5 Å². The quantitative estimate of drug-likeness (QED) is 0.651. The summed E-state index contributed by atoms with van der Waals surface area (Å²) in [4.78, 5) is 11.7. The van der Waals surface area contributed by atoms with E-state index in [-0.39, 0.29) is 12.6 Å². The standard InChI is InChI=1S/C19H24N2O3/c1-15-6-5-9-18(12-15)24-11-10-20-19(23)21-14-17(22)13-16-7-3-2-4-8-16/h2-9,12,17,22H,10-11,13-14H2,1H3,(H2,20,21,23). The van der Waals surface area contributed by atoms with Crippen LogP contribution in [0.3, 0.4) is 0 Å². The van der Waals surface area contributed by atoms with Crippen molar-refractivity contribution in [2.75, 3.05) is 19.7 Å². The maximum atomic E-state index is 11.7. The van der Waals surface area contributed by atoms with E-state index in [4.69, 9.17) is 4.74 Å². The van der Waals surface area contributed by atoms with E-state index in [1.54, 1.807) is 0 Å². The topological polar surface area (TPSA) is 70.6 Å². The zero-order valence-corrected chi connectivity index (χ0v) is 13.9. The summed E-state index contributed by atoms with van der Waals surface area (Å²) in [5.74, 6) is 0.787. The second-order valence-corrected chi connectivity index (χ2v) is 5.65. The van der Waals surface area contributed by atoms with Gasteiger partial charge in [-0.25, -0.2) is 4.79 Å². The Morgan fingerprint density at radius 3 is 2.67 bits per heavy atom. The Labute approximate surface area is 142 Å². The fourth-order valence-corrected chi connectivity index (χ4v) is 2.27. The molecule has 0 aliphatic rings. The van der Waals surface area contributed by atoms with E-state index in [1.165, 1.54) is 0 Å². The van der Waals surface area contributed by atoms with Gasteiger partial charge in [-0.05, 0) is 30.2 Å². The van der Waals surface area contributed by atoms with Crippen LogP contribution >= 0.6 is 0 Å². The number of hydrogen-bond acceptors (Lipinski definition) is 3. The lowest BCUT2D eigenvalue weighted by atomic mass is 10.1. The van der Waals surface area contributed by atoms with Crippen LogP contribution in [0.4, 0.5) is 4.79 Å². The third-order valence-electron chi connectivity index (χ3n) is 3.46. The molecule has 0 aliphatic heterocycles. The van der Waals surface area contributed by atoms with E-state index in [0.717, 1.165) is 16.9 Å². The number of aliphatic hydroxyl groups is 1. The molecule has 2 aromatic rings. The van der Waals surface area contributed by atoms with E-state index >= 15 is 0 Å². The number of carbonyl (C=O) groups excluding carboxylic acids is 1. The number of rotatable bonds is 8. The lowest BCUT2D eigenvalue weighted by Gasteiger charge is -2.13. The average molecular weight is 328 g/mol. The molecule has 0 fully saturated rings. The van der Waals surface area contributed by atoms with Crippen LogP contribution in [0.1, 0.15) is 11.1 Å². The fourth-order valence-electron chi connectivity index (χ4n) is 2.27. The van der Waals surface area contributed by atoms with Crippen molar-refractivity contribution in [1.29, 1.82) is 0 Å². The monoisotopic (exact) mass is 328 g/mol. The third kappa shape index (κ3) is 6.71. The summed E-state index contributed by atoms with van der Waals surface area (Å²) in [6.45, 7) is 3.00. The fraction of sp³-hybridized carbons (Fsp3) is 0.316. The zero-order valence-electron chi connectivity index (χ0n) is 13.9. The summed E-state index contributed by atoms with van der Waals surface area (Å²) in [5.41, 5.74) is 2.17. The molecule has 0 radical (unpaired) electrons. The second kappa shape index (κ2) is 9.57. The third-order valence-corrected chi connectivity index (χ3v) is 3.46. The van der Waals surface area contributed by atoms with E-state index in [0.29, 0.717) is 19.6 Å². The lowest BCUT2D eigenvalue weighted by molar-refractivity contribution is 0.170. The van der Waals surface area contributed by atoms with Gasteiger partial charge in [-0.15, -0.1) is 0 Å². The highest BCUT2D eigenvalue weighted by Gasteiger charge is 2.07. The number of ether oxygens (including phenoxy) is 1. The number of aliphatic hydroxyl groups excluding tert-OH is 1. The highest BCUT2D eigenvalue weighted by molar-refractivity contribution is 5.73. The molecule has 5 nitrogen and oxygen atoms in total. The van der Waals surface area contributed by atoms with Gasteiger partial charge in [0.15, 0.2) is 0 Å². The number of carbonyl (C=O) groups is 1. The number of hydrogen-bond donors (Lipinski definition) is 3. The van der Waals surface area contributed by atoms with Gasteiger partial charge in [-0.1, -0.05) is 42.5 Å². The van der Waals surface area contributed by atoms with Crippen LogP contribution in [0.25, 0.3) is 0 Å². The largest absolute Gasteiger partial charge is 0.492 e. The lowest BCUT2D eigenvalue weighted by Crippen LogP contribution is -2.41. The van der Waals surface area contributed by atoms with Crippen LogP contribution in [0.2, 0.25) is 0 Å². The first kappa shape index (κ1) is 17.8. The molecule has 0 bridgehead atoms. The van der Waals surface area contributed by atoms with Crippen molar-refractivity contribution in [3.05, 3.63) is 65.7 Å². The first-order valence-electron chi connectivity index (χ1n) is 8.06. The van der Waals surface area contributed by atoms with Crippen LogP contribution in [-0.4, -0.2) is 36.9 Å². The SMILES string of the molecule is Cc1cccc(OCCNC(=O)NCC(O)Cc2ccccc2)c1. The molecule has 0 spiro atoms. The van der Waals surface area contributed by atoms with Gasteiger partial charge in [0.25, 0.3) is 0 Å². The highest BCUT2D eigenvalue weighted by Crippen LogP contribution is 2.11. The molecular weight excluding hydrogens is 304 g/mol. The Kier molecular flexibility index (Phi) is 7.11. The summed E-state index contributed by atoms with van der Waals surface area (Å²) in [6.07, 6.45) is -0.0980. The van der Waals surface area contributed by atoms with Crippen molar-refractivity contribution >= 4 is 6.03 Å². The van der Waals surface area contributed by atoms with E-state index in [9.17, 15) is 9.90 Å². The van der Waals surface area contributed by atoms with Crippen molar-refractivity contribution in [3.63, 3.8) is 0 Å². The number of urea groups is 1. The average Bonchev–Trinajstić information content (AvgIpc) is 2.58. The molecule has 2 aromatic carbocycles. The number of aryl methyl sites for hydroxylation is 1. The van der Waals surface area contributed by atoms with Gasteiger partial charge in [0.1, 0.15) is 12.4 Å². The molecule has 128 valence electrons. The molecule has 1 unspecified atom stereocenters. The smallest absolute Gasteiger partial charge is 0.315 e. The minimum Gasteiger partial charge on any atom is -0.492 e. The Balaban J connectivity index is 1.58. The number of benzene rings is 2. The maximum Gasteiger partial charge on any atom is 0.315 e. The minimum absolute atomic E-state index is 0.208. The molecule has 2 amide bonds. The van der Waals surface area contributed by atoms with Gasteiger partial charge in [0.05, 0.1) is 12.6 Å². The Morgan fingerprint density at radius 2 is 1.92 bits per heavy atom. The van der Waals surface area contributed by atoms with Crippen molar-refractivity contribution < 1.29 is 14.6 Å². The number of nitrogens with one attached hydrogen (secondary N) is 2. The normalized spacial score (nSPS) is 11.6. The van der Waals surface area contributed by atoms with Crippen molar-refractivity contribution in [2.24, 2.45) is 0 Å². The first-order valence-corrected chi connectivity index (χ1v) is 8.06. The summed E-state index contributed by atoms with van der Waals surface area (Å²) in [6, 6.07) is 17.1. The van der Waals surface area contributed by atoms with Crippen molar-refractivity contribution in [2.45, 2.75) is 19.4 Å². The second-order valence-electron chi connectivity index (χ2n) is 5.65. The number of amides is 2. The minimum atomic E-state index is -0.610. The van der Waals surface area contributed by atoms with Gasteiger partial charge in [-0.2, -0.15) is 0 Å². The predicted octanol–water partition coefficient (Wildman–Crippen LogP) is 2.28. The molecule has 0 aromatic heterocycles. The molecular formula is C19H24N2O3. The van der Waals surface area contributed by atoms with Crippen molar-refractivity contribution in [3.8, 4) is 5.75 Å². The Morgan fingerprint density at radius 1 is 1.12 bits per heavy atom. The summed E-state index contributed by atoms with van der Waals surface area (Å²) in [5, 5.41) is 15.3. The van der Waals surface area contributed by atoms with Crippen LogP contribution in [0, 0.1) is 6.92 Å². The van der Waals surface area contributed by atoms with Gasteiger partial charge >= 0.3 is 6.03 Å². The van der Waals surface area contributed by atoms with Gasteiger partial charge in [-0.3, -0.25) is 0 Å². The molecule has 3 N–H and O–H groups in total. The van der Waals surface area contributed by atoms with Crippen LogP contribution < -0.4 is 15.4 Å². The molecule has 0 aliphatic carbocycles. The molecule has 1 atom stereocenters.